The van der Waals surface area contributed by atoms with Gasteiger partial charge in [-0.15, -0.1) is 0 Å². The van der Waals surface area contributed by atoms with Crippen molar-refractivity contribution in [1.29, 1.82) is 0 Å². The molecule has 0 spiro atoms. The van der Waals surface area contributed by atoms with Crippen molar-refractivity contribution < 1.29 is 9.53 Å². The molecule has 0 saturated carbocycles. The van der Waals surface area contributed by atoms with Crippen molar-refractivity contribution in [3.8, 4) is 5.75 Å². The monoisotopic (exact) mass is 390 g/mol. The molecule has 140 valence electrons. The minimum Gasteiger partial charge on any atom is -0.492 e. The summed E-state index contributed by atoms with van der Waals surface area (Å²) in [5.41, 5.74) is 5.56. The number of rotatable bonds is 5. The third-order valence-electron chi connectivity index (χ3n) is 4.57. The van der Waals surface area contributed by atoms with E-state index in [0.717, 1.165) is 29.1 Å². The fraction of sp³-hybridized carbons (Fsp3) is 0.130. The second kappa shape index (κ2) is 7.87. The SMILES string of the molecule is CCOc1ccc(C(=O)Nc2ccc(C3=Nc4ccccc4C3)cc2)cc1Cl. The summed E-state index contributed by atoms with van der Waals surface area (Å²) in [6.45, 7) is 2.41. The van der Waals surface area contributed by atoms with Gasteiger partial charge in [0.2, 0.25) is 0 Å². The number of nitrogens with zero attached hydrogens (tertiary/aromatic N) is 1. The standard InChI is InChI=1S/C23H19ClN2O2/c1-2-28-22-12-9-17(13-19(22)24)23(27)25-18-10-7-15(8-11-18)21-14-16-5-3-4-6-20(16)26-21/h3-13H,2,14H2,1H3,(H,25,27). The normalized spacial score (nSPS) is 12.3. The number of halogens is 1. The van der Waals surface area contributed by atoms with Gasteiger partial charge >= 0.3 is 0 Å². The number of fused-ring (bicyclic) bond motifs is 1. The molecule has 1 amide bonds. The number of carbonyl (C=O) groups excluding carboxylic acids is 1. The van der Waals surface area contributed by atoms with Gasteiger partial charge in [0.15, 0.2) is 0 Å². The van der Waals surface area contributed by atoms with Gasteiger partial charge in [-0.25, -0.2) is 0 Å². The molecule has 1 N–H and O–H groups in total. The first-order valence-corrected chi connectivity index (χ1v) is 9.51. The van der Waals surface area contributed by atoms with Crippen molar-refractivity contribution in [2.75, 3.05) is 11.9 Å². The summed E-state index contributed by atoms with van der Waals surface area (Å²) in [6, 6.07) is 20.9. The molecule has 1 heterocycles. The number of ether oxygens (including phenoxy) is 1. The van der Waals surface area contributed by atoms with E-state index in [0.29, 0.717) is 22.9 Å². The molecule has 3 aromatic rings. The van der Waals surface area contributed by atoms with E-state index in [2.05, 4.69) is 11.4 Å². The zero-order valence-corrected chi connectivity index (χ0v) is 16.2. The first-order valence-electron chi connectivity index (χ1n) is 9.13. The minimum absolute atomic E-state index is 0.219. The zero-order valence-electron chi connectivity index (χ0n) is 15.4. The van der Waals surface area contributed by atoms with Crippen LogP contribution in [0.15, 0.2) is 71.7 Å². The van der Waals surface area contributed by atoms with Crippen molar-refractivity contribution in [3.05, 3.63) is 88.4 Å². The zero-order chi connectivity index (χ0) is 19.5. The van der Waals surface area contributed by atoms with Crippen LogP contribution in [-0.2, 0) is 6.42 Å². The molecular weight excluding hydrogens is 372 g/mol. The molecular formula is C23H19ClN2O2. The summed E-state index contributed by atoms with van der Waals surface area (Å²) in [6.07, 6.45) is 0.826. The predicted molar refractivity (Wildman–Crippen MR) is 113 cm³/mol. The number of aliphatic imine (C=N–C) groups is 1. The predicted octanol–water partition coefficient (Wildman–Crippen LogP) is 5.67. The molecule has 0 atom stereocenters. The maximum atomic E-state index is 12.5. The van der Waals surface area contributed by atoms with Gasteiger partial charge in [0, 0.05) is 17.7 Å². The average Bonchev–Trinajstić information content (AvgIpc) is 3.14. The molecule has 0 unspecified atom stereocenters. The van der Waals surface area contributed by atoms with Crippen LogP contribution in [-0.4, -0.2) is 18.2 Å². The number of nitrogens with one attached hydrogen (secondary N) is 1. The van der Waals surface area contributed by atoms with Gasteiger partial charge in [-0.2, -0.15) is 0 Å². The summed E-state index contributed by atoms with van der Waals surface area (Å²) >= 11 is 6.17. The Morgan fingerprint density at radius 1 is 1.11 bits per heavy atom. The van der Waals surface area contributed by atoms with Crippen LogP contribution in [0.2, 0.25) is 5.02 Å². The summed E-state index contributed by atoms with van der Waals surface area (Å²) in [5.74, 6) is 0.353. The van der Waals surface area contributed by atoms with Crippen molar-refractivity contribution in [1.82, 2.24) is 0 Å². The van der Waals surface area contributed by atoms with E-state index in [1.54, 1.807) is 18.2 Å². The number of amides is 1. The van der Waals surface area contributed by atoms with Crippen LogP contribution in [0, 0.1) is 0 Å². The van der Waals surface area contributed by atoms with Gasteiger partial charge in [-0.1, -0.05) is 41.9 Å². The Morgan fingerprint density at radius 3 is 2.61 bits per heavy atom. The second-order valence-corrected chi connectivity index (χ2v) is 6.88. The van der Waals surface area contributed by atoms with E-state index in [9.17, 15) is 4.79 Å². The smallest absolute Gasteiger partial charge is 0.255 e. The topological polar surface area (TPSA) is 50.7 Å². The molecule has 0 aliphatic carbocycles. The lowest BCUT2D eigenvalue weighted by atomic mass is 10.0. The van der Waals surface area contributed by atoms with E-state index >= 15 is 0 Å². The molecule has 5 heteroatoms. The lowest BCUT2D eigenvalue weighted by Crippen LogP contribution is -2.12. The minimum atomic E-state index is -0.219. The molecule has 4 rings (SSSR count). The highest BCUT2D eigenvalue weighted by Crippen LogP contribution is 2.29. The van der Waals surface area contributed by atoms with E-state index < -0.39 is 0 Å². The van der Waals surface area contributed by atoms with Gasteiger partial charge in [0.1, 0.15) is 5.75 Å². The van der Waals surface area contributed by atoms with E-state index in [4.69, 9.17) is 21.3 Å². The van der Waals surface area contributed by atoms with Gasteiger partial charge in [-0.3, -0.25) is 9.79 Å². The van der Waals surface area contributed by atoms with Gasteiger partial charge in [0.05, 0.1) is 23.0 Å². The average molecular weight is 391 g/mol. The van der Waals surface area contributed by atoms with Crippen LogP contribution in [0.4, 0.5) is 11.4 Å². The Morgan fingerprint density at radius 2 is 1.89 bits per heavy atom. The number of hydrogen-bond donors (Lipinski definition) is 1. The van der Waals surface area contributed by atoms with Crippen molar-refractivity contribution >= 4 is 34.6 Å². The van der Waals surface area contributed by atoms with Crippen LogP contribution in [0.3, 0.4) is 0 Å². The summed E-state index contributed by atoms with van der Waals surface area (Å²) < 4.78 is 5.40. The van der Waals surface area contributed by atoms with Crippen LogP contribution < -0.4 is 10.1 Å². The molecule has 28 heavy (non-hydrogen) atoms. The van der Waals surface area contributed by atoms with Crippen LogP contribution in [0.25, 0.3) is 0 Å². The number of carbonyl (C=O) groups is 1. The molecule has 4 nitrogen and oxygen atoms in total. The lowest BCUT2D eigenvalue weighted by molar-refractivity contribution is 0.102. The third kappa shape index (κ3) is 3.78. The Bertz CT molecular complexity index is 1060. The maximum Gasteiger partial charge on any atom is 0.255 e. The fourth-order valence-electron chi connectivity index (χ4n) is 3.17. The van der Waals surface area contributed by atoms with Crippen LogP contribution in [0.1, 0.15) is 28.4 Å². The first kappa shape index (κ1) is 18.3. The Balaban J connectivity index is 1.45. The Hall–Kier alpha value is -3.11. The molecule has 0 aromatic heterocycles. The van der Waals surface area contributed by atoms with Crippen molar-refractivity contribution in [2.24, 2.45) is 4.99 Å². The summed E-state index contributed by atoms with van der Waals surface area (Å²) in [7, 11) is 0. The van der Waals surface area contributed by atoms with Crippen molar-refractivity contribution in [3.63, 3.8) is 0 Å². The lowest BCUT2D eigenvalue weighted by Gasteiger charge is -2.09. The van der Waals surface area contributed by atoms with Gasteiger partial charge in [0.25, 0.3) is 5.91 Å². The highest BCUT2D eigenvalue weighted by molar-refractivity contribution is 6.32. The second-order valence-electron chi connectivity index (χ2n) is 6.47. The molecule has 0 saturated heterocycles. The summed E-state index contributed by atoms with van der Waals surface area (Å²) in [5, 5.41) is 3.31. The quantitative estimate of drug-likeness (QED) is 0.610. The molecule has 1 aliphatic rings. The highest BCUT2D eigenvalue weighted by atomic mass is 35.5. The van der Waals surface area contributed by atoms with Crippen molar-refractivity contribution in [2.45, 2.75) is 13.3 Å². The fourth-order valence-corrected chi connectivity index (χ4v) is 3.40. The summed E-state index contributed by atoms with van der Waals surface area (Å²) in [4.78, 5) is 17.2. The third-order valence-corrected chi connectivity index (χ3v) is 4.87. The molecule has 0 radical (unpaired) electrons. The number of anilines is 1. The number of para-hydroxylation sites is 1. The molecule has 0 bridgehead atoms. The largest absolute Gasteiger partial charge is 0.492 e. The number of benzene rings is 3. The molecule has 0 fully saturated rings. The molecule has 3 aromatic carbocycles. The van der Waals surface area contributed by atoms with E-state index in [-0.39, 0.29) is 5.91 Å². The van der Waals surface area contributed by atoms with Gasteiger partial charge in [-0.05, 0) is 54.4 Å². The van der Waals surface area contributed by atoms with E-state index in [1.807, 2.05) is 49.4 Å². The number of hydrogen-bond acceptors (Lipinski definition) is 3. The highest BCUT2D eigenvalue weighted by Gasteiger charge is 2.15. The van der Waals surface area contributed by atoms with E-state index in [1.165, 1.54) is 5.56 Å². The molecule has 1 aliphatic heterocycles. The van der Waals surface area contributed by atoms with Gasteiger partial charge < -0.3 is 10.1 Å². The Kier molecular flexibility index (Phi) is 5.13. The maximum absolute atomic E-state index is 12.5. The first-order chi connectivity index (χ1) is 13.6. The Labute approximate surface area is 168 Å². The van der Waals surface area contributed by atoms with Crippen LogP contribution in [0.5, 0.6) is 5.75 Å². The van der Waals surface area contributed by atoms with Crippen LogP contribution >= 0.6 is 11.6 Å².